The molecule has 4 heteroatoms. The molecule has 2 heterocycles. The van der Waals surface area contributed by atoms with E-state index >= 15 is 0 Å². The minimum atomic E-state index is 0.544. The molecule has 18 heavy (non-hydrogen) atoms. The standard InChI is InChI=1S/C14H24N2S2/c1-11(2)16(9-13-4-3-6-18-13)14(8-15)12-5-7-17-10-12/h3-4,6,11-12,14H,5,7-10,15H2,1-2H3. The first-order chi connectivity index (χ1) is 8.72. The van der Waals surface area contributed by atoms with E-state index in [4.69, 9.17) is 5.73 Å². The smallest absolute Gasteiger partial charge is 0.0334 e. The maximum Gasteiger partial charge on any atom is 0.0334 e. The maximum atomic E-state index is 6.07. The Morgan fingerprint density at radius 2 is 2.33 bits per heavy atom. The molecular formula is C14H24N2S2. The van der Waals surface area contributed by atoms with Gasteiger partial charge in [0.2, 0.25) is 0 Å². The first kappa shape index (κ1) is 14.4. The second kappa shape index (κ2) is 6.94. The van der Waals surface area contributed by atoms with Gasteiger partial charge in [0.05, 0.1) is 0 Å². The van der Waals surface area contributed by atoms with Crippen molar-refractivity contribution in [2.75, 3.05) is 18.1 Å². The Morgan fingerprint density at radius 3 is 2.83 bits per heavy atom. The van der Waals surface area contributed by atoms with Crippen LogP contribution in [0.15, 0.2) is 17.5 Å². The van der Waals surface area contributed by atoms with Gasteiger partial charge in [-0.15, -0.1) is 11.3 Å². The van der Waals surface area contributed by atoms with Crippen molar-refractivity contribution in [2.45, 2.75) is 38.9 Å². The van der Waals surface area contributed by atoms with E-state index in [9.17, 15) is 0 Å². The highest BCUT2D eigenvalue weighted by Gasteiger charge is 2.30. The Balaban J connectivity index is 2.06. The van der Waals surface area contributed by atoms with Gasteiger partial charge in [0.1, 0.15) is 0 Å². The number of nitrogens with two attached hydrogens (primary N) is 1. The van der Waals surface area contributed by atoms with Crippen molar-refractivity contribution in [2.24, 2.45) is 11.7 Å². The molecule has 2 rings (SSSR count). The molecular weight excluding hydrogens is 260 g/mol. The van der Waals surface area contributed by atoms with Crippen LogP contribution in [0.2, 0.25) is 0 Å². The molecule has 0 radical (unpaired) electrons. The van der Waals surface area contributed by atoms with Crippen LogP contribution in [-0.4, -0.2) is 35.0 Å². The summed E-state index contributed by atoms with van der Waals surface area (Å²) in [5.74, 6) is 3.38. The van der Waals surface area contributed by atoms with Crippen LogP contribution in [0.4, 0.5) is 0 Å². The predicted molar refractivity (Wildman–Crippen MR) is 83.3 cm³/mol. The van der Waals surface area contributed by atoms with Crippen molar-refractivity contribution in [3.63, 3.8) is 0 Å². The lowest BCUT2D eigenvalue weighted by Crippen LogP contribution is -2.48. The van der Waals surface area contributed by atoms with E-state index in [1.165, 1.54) is 22.8 Å². The molecule has 102 valence electrons. The zero-order valence-electron chi connectivity index (χ0n) is 11.3. The quantitative estimate of drug-likeness (QED) is 0.870. The lowest BCUT2D eigenvalue weighted by Gasteiger charge is -2.37. The molecule has 0 aromatic carbocycles. The fraction of sp³-hybridized carbons (Fsp3) is 0.714. The molecule has 1 aliphatic heterocycles. The van der Waals surface area contributed by atoms with Crippen molar-refractivity contribution in [3.05, 3.63) is 22.4 Å². The van der Waals surface area contributed by atoms with Crippen molar-refractivity contribution in [1.29, 1.82) is 0 Å². The molecule has 1 aromatic rings. The second-order valence-corrected chi connectivity index (χ2v) is 7.45. The Hall–Kier alpha value is -0.0300. The fourth-order valence-electron chi connectivity index (χ4n) is 2.72. The summed E-state index contributed by atoms with van der Waals surface area (Å²) in [6.45, 7) is 6.42. The topological polar surface area (TPSA) is 29.3 Å². The van der Waals surface area contributed by atoms with E-state index in [0.29, 0.717) is 12.1 Å². The maximum absolute atomic E-state index is 6.07. The third kappa shape index (κ3) is 3.50. The number of rotatable bonds is 6. The van der Waals surface area contributed by atoms with Crippen LogP contribution < -0.4 is 5.73 Å². The predicted octanol–water partition coefficient (Wildman–Crippen LogP) is 3.04. The summed E-state index contributed by atoms with van der Waals surface area (Å²) in [5.41, 5.74) is 6.07. The summed E-state index contributed by atoms with van der Waals surface area (Å²) in [6.07, 6.45) is 1.33. The van der Waals surface area contributed by atoms with Crippen LogP contribution >= 0.6 is 23.1 Å². The molecule has 2 atom stereocenters. The summed E-state index contributed by atoms with van der Waals surface area (Å²) in [5, 5.41) is 2.16. The first-order valence-corrected chi connectivity index (χ1v) is 8.81. The van der Waals surface area contributed by atoms with E-state index in [0.717, 1.165) is 19.0 Å². The monoisotopic (exact) mass is 284 g/mol. The van der Waals surface area contributed by atoms with Crippen LogP contribution in [-0.2, 0) is 6.54 Å². The van der Waals surface area contributed by atoms with E-state index in [2.05, 4.69) is 48.0 Å². The number of thioether (sulfide) groups is 1. The zero-order valence-corrected chi connectivity index (χ0v) is 13.0. The Labute approximate surface area is 119 Å². The zero-order chi connectivity index (χ0) is 13.0. The molecule has 0 amide bonds. The van der Waals surface area contributed by atoms with Crippen LogP contribution in [0.3, 0.4) is 0 Å². The van der Waals surface area contributed by atoms with E-state index in [1.54, 1.807) is 0 Å². The molecule has 1 aromatic heterocycles. The summed E-state index contributed by atoms with van der Waals surface area (Å²) < 4.78 is 0. The van der Waals surface area contributed by atoms with Crippen LogP contribution in [0.5, 0.6) is 0 Å². The lowest BCUT2D eigenvalue weighted by molar-refractivity contribution is 0.112. The van der Waals surface area contributed by atoms with Gasteiger partial charge in [0.25, 0.3) is 0 Å². The summed E-state index contributed by atoms with van der Waals surface area (Å²) >= 11 is 3.93. The van der Waals surface area contributed by atoms with E-state index in [-0.39, 0.29) is 0 Å². The highest BCUT2D eigenvalue weighted by atomic mass is 32.2. The van der Waals surface area contributed by atoms with Crippen molar-refractivity contribution < 1.29 is 0 Å². The average Bonchev–Trinajstić information content (AvgIpc) is 3.00. The van der Waals surface area contributed by atoms with Gasteiger partial charge in [-0.2, -0.15) is 11.8 Å². The number of hydrogen-bond acceptors (Lipinski definition) is 4. The SMILES string of the molecule is CC(C)N(Cc1cccs1)C(CN)C1CCSC1. The van der Waals surface area contributed by atoms with E-state index in [1.807, 2.05) is 11.3 Å². The van der Waals surface area contributed by atoms with Gasteiger partial charge in [-0.3, -0.25) is 4.90 Å². The molecule has 1 aliphatic rings. The molecule has 1 fully saturated rings. The molecule has 0 bridgehead atoms. The van der Waals surface area contributed by atoms with Gasteiger partial charge in [-0.1, -0.05) is 6.07 Å². The third-order valence-electron chi connectivity index (χ3n) is 3.76. The Morgan fingerprint density at radius 1 is 1.50 bits per heavy atom. The number of hydrogen-bond donors (Lipinski definition) is 1. The Bertz CT molecular complexity index is 332. The van der Waals surface area contributed by atoms with E-state index < -0.39 is 0 Å². The fourth-order valence-corrected chi connectivity index (χ4v) is 4.76. The molecule has 2 N–H and O–H groups in total. The van der Waals surface area contributed by atoms with Crippen LogP contribution in [0, 0.1) is 5.92 Å². The largest absolute Gasteiger partial charge is 0.329 e. The minimum absolute atomic E-state index is 0.544. The average molecular weight is 284 g/mol. The molecule has 2 nitrogen and oxygen atoms in total. The second-order valence-electron chi connectivity index (χ2n) is 5.27. The molecule has 0 spiro atoms. The number of thiophene rings is 1. The van der Waals surface area contributed by atoms with Gasteiger partial charge >= 0.3 is 0 Å². The highest BCUT2D eigenvalue weighted by Crippen LogP contribution is 2.30. The van der Waals surface area contributed by atoms with Gasteiger partial charge < -0.3 is 5.73 Å². The first-order valence-electron chi connectivity index (χ1n) is 6.78. The van der Waals surface area contributed by atoms with Crippen LogP contribution in [0.25, 0.3) is 0 Å². The summed E-state index contributed by atoms with van der Waals surface area (Å²) in [6, 6.07) is 5.48. The number of nitrogens with zero attached hydrogens (tertiary/aromatic N) is 1. The molecule has 0 saturated carbocycles. The molecule has 2 unspecified atom stereocenters. The summed E-state index contributed by atoms with van der Waals surface area (Å²) in [7, 11) is 0. The van der Waals surface area contributed by atoms with Gasteiger partial charge in [0.15, 0.2) is 0 Å². The summed E-state index contributed by atoms with van der Waals surface area (Å²) in [4.78, 5) is 4.05. The molecule has 0 aliphatic carbocycles. The Kier molecular flexibility index (Phi) is 5.55. The van der Waals surface area contributed by atoms with Gasteiger partial charge in [-0.25, -0.2) is 0 Å². The highest BCUT2D eigenvalue weighted by molar-refractivity contribution is 7.99. The van der Waals surface area contributed by atoms with Gasteiger partial charge in [-0.05, 0) is 49.1 Å². The molecule has 1 saturated heterocycles. The van der Waals surface area contributed by atoms with Gasteiger partial charge in [0, 0.05) is 30.1 Å². The van der Waals surface area contributed by atoms with Crippen molar-refractivity contribution in [1.82, 2.24) is 4.90 Å². The minimum Gasteiger partial charge on any atom is -0.329 e. The van der Waals surface area contributed by atoms with Crippen LogP contribution in [0.1, 0.15) is 25.1 Å². The third-order valence-corrected chi connectivity index (χ3v) is 5.81. The van der Waals surface area contributed by atoms with Crippen molar-refractivity contribution >= 4 is 23.1 Å². The normalized spacial score (nSPS) is 21.9. The lowest BCUT2D eigenvalue weighted by atomic mass is 9.96. The van der Waals surface area contributed by atoms with Crippen molar-refractivity contribution in [3.8, 4) is 0 Å².